The van der Waals surface area contributed by atoms with Gasteiger partial charge in [0.2, 0.25) is 0 Å². The third kappa shape index (κ3) is 2.64. The van der Waals surface area contributed by atoms with Crippen LogP contribution in [-0.4, -0.2) is 4.98 Å². The Labute approximate surface area is 98.8 Å². The lowest BCUT2D eigenvalue weighted by Crippen LogP contribution is -2.02. The maximum atomic E-state index is 5.77. The Bertz CT molecular complexity index is 471. The molecule has 16 heavy (non-hydrogen) atoms. The second-order valence-corrected chi connectivity index (χ2v) is 3.72. The summed E-state index contributed by atoms with van der Waals surface area (Å²) in [6.45, 7) is 0.355. The molecule has 1 aromatic carbocycles. The number of ether oxygens (including phenoxy) is 1. The molecule has 0 radical (unpaired) electrons. The lowest BCUT2D eigenvalue weighted by atomic mass is 10.3. The highest BCUT2D eigenvalue weighted by atomic mass is 35.5. The van der Waals surface area contributed by atoms with E-state index < -0.39 is 0 Å². The van der Waals surface area contributed by atoms with Gasteiger partial charge in [0, 0.05) is 11.2 Å². The van der Waals surface area contributed by atoms with E-state index >= 15 is 0 Å². The Balaban J connectivity index is 2.02. The highest BCUT2D eigenvalue weighted by Crippen LogP contribution is 2.17. The summed E-state index contributed by atoms with van der Waals surface area (Å²) >= 11 is 5.77. The van der Waals surface area contributed by atoms with Crippen molar-refractivity contribution >= 4 is 17.3 Å². The lowest BCUT2D eigenvalue weighted by Gasteiger charge is -2.07. The van der Waals surface area contributed by atoms with Crippen molar-refractivity contribution in [2.75, 3.05) is 5.73 Å². The third-order valence-electron chi connectivity index (χ3n) is 2.11. The molecule has 4 heteroatoms. The van der Waals surface area contributed by atoms with E-state index in [4.69, 9.17) is 22.1 Å². The molecule has 0 saturated heterocycles. The minimum absolute atomic E-state index is 0.355. The van der Waals surface area contributed by atoms with Crippen molar-refractivity contribution in [1.82, 2.24) is 4.98 Å². The zero-order valence-electron chi connectivity index (χ0n) is 8.56. The standard InChI is InChI=1S/C12H11ClN2O/c13-9-3-5-10(6-4-9)16-8-12-11(14)2-1-7-15-12/h1-7H,8,14H2. The second kappa shape index (κ2) is 4.86. The molecule has 2 aromatic rings. The van der Waals surface area contributed by atoms with Gasteiger partial charge >= 0.3 is 0 Å². The number of nitrogens with two attached hydrogens (primary N) is 1. The maximum Gasteiger partial charge on any atom is 0.132 e. The number of hydrogen-bond acceptors (Lipinski definition) is 3. The van der Waals surface area contributed by atoms with Gasteiger partial charge in [-0.05, 0) is 36.4 Å². The zero-order chi connectivity index (χ0) is 11.4. The molecule has 2 N–H and O–H groups in total. The number of pyridine rings is 1. The first-order chi connectivity index (χ1) is 7.75. The predicted molar refractivity (Wildman–Crippen MR) is 64.4 cm³/mol. The molecule has 0 fully saturated rings. The number of nitrogen functional groups attached to an aromatic ring is 1. The molecule has 0 spiro atoms. The van der Waals surface area contributed by atoms with E-state index in [1.54, 1.807) is 30.5 Å². The van der Waals surface area contributed by atoms with Crippen molar-refractivity contribution in [3.63, 3.8) is 0 Å². The first kappa shape index (κ1) is 10.8. The summed E-state index contributed by atoms with van der Waals surface area (Å²) in [5, 5.41) is 0.685. The third-order valence-corrected chi connectivity index (χ3v) is 2.37. The van der Waals surface area contributed by atoms with Gasteiger partial charge in [-0.3, -0.25) is 4.98 Å². The van der Waals surface area contributed by atoms with Gasteiger partial charge < -0.3 is 10.5 Å². The average molecular weight is 235 g/mol. The van der Waals surface area contributed by atoms with E-state index in [0.717, 1.165) is 11.4 Å². The quantitative estimate of drug-likeness (QED) is 0.888. The number of hydrogen-bond donors (Lipinski definition) is 1. The molecule has 0 amide bonds. The first-order valence-corrected chi connectivity index (χ1v) is 5.21. The summed E-state index contributed by atoms with van der Waals surface area (Å²) in [6, 6.07) is 10.8. The summed E-state index contributed by atoms with van der Waals surface area (Å²) in [5.41, 5.74) is 7.11. The van der Waals surface area contributed by atoms with Gasteiger partial charge in [-0.1, -0.05) is 11.6 Å². The number of rotatable bonds is 3. The molecule has 2 rings (SSSR count). The van der Waals surface area contributed by atoms with Crippen LogP contribution in [0.5, 0.6) is 5.75 Å². The van der Waals surface area contributed by atoms with Crippen LogP contribution in [0.3, 0.4) is 0 Å². The van der Waals surface area contributed by atoms with Gasteiger partial charge in [-0.2, -0.15) is 0 Å². The van der Waals surface area contributed by atoms with Gasteiger partial charge in [0.05, 0.1) is 5.69 Å². The van der Waals surface area contributed by atoms with Crippen LogP contribution in [0.15, 0.2) is 42.6 Å². The average Bonchev–Trinajstić information content (AvgIpc) is 2.30. The molecule has 0 bridgehead atoms. The monoisotopic (exact) mass is 234 g/mol. The smallest absolute Gasteiger partial charge is 0.132 e. The van der Waals surface area contributed by atoms with E-state index in [-0.39, 0.29) is 0 Å². The fourth-order valence-corrected chi connectivity index (χ4v) is 1.38. The summed E-state index contributed by atoms with van der Waals surface area (Å²) in [4.78, 5) is 4.13. The first-order valence-electron chi connectivity index (χ1n) is 4.83. The molecule has 1 heterocycles. The molecule has 3 nitrogen and oxygen atoms in total. The molecule has 0 saturated carbocycles. The second-order valence-electron chi connectivity index (χ2n) is 3.28. The van der Waals surface area contributed by atoms with Crippen LogP contribution in [0.4, 0.5) is 5.69 Å². The Morgan fingerprint density at radius 1 is 1.19 bits per heavy atom. The van der Waals surface area contributed by atoms with Crippen molar-refractivity contribution in [1.29, 1.82) is 0 Å². The van der Waals surface area contributed by atoms with Gasteiger partial charge in [0.15, 0.2) is 0 Å². The normalized spacial score (nSPS) is 10.1. The van der Waals surface area contributed by atoms with E-state index in [1.807, 2.05) is 12.1 Å². The summed E-state index contributed by atoms with van der Waals surface area (Å²) in [6.07, 6.45) is 1.69. The van der Waals surface area contributed by atoms with Crippen LogP contribution in [0.1, 0.15) is 5.69 Å². The van der Waals surface area contributed by atoms with Crippen molar-refractivity contribution in [2.24, 2.45) is 0 Å². The van der Waals surface area contributed by atoms with E-state index in [9.17, 15) is 0 Å². The highest BCUT2D eigenvalue weighted by molar-refractivity contribution is 6.30. The minimum atomic E-state index is 0.355. The molecular weight excluding hydrogens is 224 g/mol. The van der Waals surface area contributed by atoms with Crippen molar-refractivity contribution in [3.05, 3.63) is 53.3 Å². The fraction of sp³-hybridized carbons (Fsp3) is 0.0833. The Morgan fingerprint density at radius 2 is 1.94 bits per heavy atom. The number of anilines is 1. The molecule has 82 valence electrons. The van der Waals surface area contributed by atoms with Crippen LogP contribution in [0.25, 0.3) is 0 Å². The number of benzene rings is 1. The molecular formula is C12H11ClN2O. The summed E-state index contributed by atoms with van der Waals surface area (Å²) in [5.74, 6) is 0.745. The maximum absolute atomic E-state index is 5.77. The van der Waals surface area contributed by atoms with Gasteiger partial charge in [-0.15, -0.1) is 0 Å². The molecule has 0 aliphatic rings. The highest BCUT2D eigenvalue weighted by Gasteiger charge is 2.00. The van der Waals surface area contributed by atoms with Gasteiger partial charge in [0.1, 0.15) is 18.1 Å². The van der Waals surface area contributed by atoms with Gasteiger partial charge in [-0.25, -0.2) is 0 Å². The number of halogens is 1. The molecule has 1 aromatic heterocycles. The summed E-state index contributed by atoms with van der Waals surface area (Å²) in [7, 11) is 0. The van der Waals surface area contributed by atoms with E-state index in [2.05, 4.69) is 4.98 Å². The molecule has 0 unspecified atom stereocenters. The fourth-order valence-electron chi connectivity index (χ4n) is 1.25. The molecule has 0 atom stereocenters. The van der Waals surface area contributed by atoms with Crippen molar-refractivity contribution in [3.8, 4) is 5.75 Å². The SMILES string of the molecule is Nc1cccnc1COc1ccc(Cl)cc1. The van der Waals surface area contributed by atoms with E-state index in [1.165, 1.54) is 0 Å². The van der Waals surface area contributed by atoms with Crippen molar-refractivity contribution < 1.29 is 4.74 Å². The number of nitrogens with zero attached hydrogens (tertiary/aromatic N) is 1. The van der Waals surface area contributed by atoms with Gasteiger partial charge in [0.25, 0.3) is 0 Å². The van der Waals surface area contributed by atoms with Crippen molar-refractivity contribution in [2.45, 2.75) is 6.61 Å². The van der Waals surface area contributed by atoms with Crippen LogP contribution in [0, 0.1) is 0 Å². The number of aromatic nitrogens is 1. The lowest BCUT2D eigenvalue weighted by molar-refractivity contribution is 0.302. The van der Waals surface area contributed by atoms with Crippen LogP contribution < -0.4 is 10.5 Å². The van der Waals surface area contributed by atoms with Crippen LogP contribution in [0.2, 0.25) is 5.02 Å². The Kier molecular flexibility index (Phi) is 3.27. The predicted octanol–water partition coefficient (Wildman–Crippen LogP) is 2.90. The van der Waals surface area contributed by atoms with Crippen LogP contribution in [-0.2, 0) is 6.61 Å². The Morgan fingerprint density at radius 3 is 2.62 bits per heavy atom. The molecule has 0 aliphatic heterocycles. The largest absolute Gasteiger partial charge is 0.487 e. The topological polar surface area (TPSA) is 48.1 Å². The summed E-state index contributed by atoms with van der Waals surface area (Å²) < 4.78 is 5.53. The zero-order valence-corrected chi connectivity index (χ0v) is 9.32. The Hall–Kier alpha value is -1.74. The van der Waals surface area contributed by atoms with Crippen LogP contribution >= 0.6 is 11.6 Å². The van der Waals surface area contributed by atoms with E-state index in [0.29, 0.717) is 17.3 Å². The molecule has 0 aliphatic carbocycles. The minimum Gasteiger partial charge on any atom is -0.487 e.